The molecule has 1 heterocycles. The second-order valence-electron chi connectivity index (χ2n) is 5.90. The monoisotopic (exact) mass is 243 g/mol. The summed E-state index contributed by atoms with van der Waals surface area (Å²) in [6, 6.07) is 10.4. The average Bonchev–Trinajstić information content (AvgIpc) is 2.34. The smallest absolute Gasteiger partial charge is 0.0705 e. The molecule has 2 aromatic rings. The Hall–Kier alpha value is -1.45. The predicted molar refractivity (Wildman–Crippen MR) is 75.9 cm³/mol. The lowest BCUT2D eigenvalue weighted by atomic mass is 9.85. The van der Waals surface area contributed by atoms with Gasteiger partial charge in [0.2, 0.25) is 0 Å². The van der Waals surface area contributed by atoms with E-state index in [0.717, 1.165) is 11.9 Å². The van der Waals surface area contributed by atoms with Gasteiger partial charge in [0.15, 0.2) is 0 Å². The highest BCUT2D eigenvalue weighted by atomic mass is 15.2. The zero-order valence-corrected chi connectivity index (χ0v) is 11.3. The van der Waals surface area contributed by atoms with Gasteiger partial charge in [0.25, 0.3) is 0 Å². The number of rotatable bonds is 3. The fraction of sp³-hybridized carbons (Fsp3) is 0.400. The molecule has 0 radical (unpaired) electrons. The van der Waals surface area contributed by atoms with Gasteiger partial charge in [-0.2, -0.15) is 0 Å². The van der Waals surface area contributed by atoms with Crippen molar-refractivity contribution in [3.05, 3.63) is 42.1 Å². The normalized spacial score (nSPS) is 13.8. The van der Waals surface area contributed by atoms with Crippen molar-refractivity contribution in [1.29, 1.82) is 0 Å². The first kappa shape index (κ1) is 13.0. The molecule has 0 amide bonds. The van der Waals surface area contributed by atoms with Crippen molar-refractivity contribution in [3.8, 4) is 0 Å². The number of hydrazine groups is 1. The average molecular weight is 243 g/mol. The summed E-state index contributed by atoms with van der Waals surface area (Å²) in [7, 11) is 0. The summed E-state index contributed by atoms with van der Waals surface area (Å²) >= 11 is 0. The van der Waals surface area contributed by atoms with Gasteiger partial charge in [0.05, 0.1) is 5.52 Å². The van der Waals surface area contributed by atoms with Crippen molar-refractivity contribution in [2.45, 2.75) is 33.2 Å². The molecule has 3 nitrogen and oxygen atoms in total. The van der Waals surface area contributed by atoms with Gasteiger partial charge in [-0.1, -0.05) is 39.0 Å². The fourth-order valence-electron chi connectivity index (χ4n) is 2.30. The summed E-state index contributed by atoms with van der Waals surface area (Å²) in [6.45, 7) is 6.67. The molecule has 0 spiro atoms. The molecule has 1 aromatic heterocycles. The minimum Gasteiger partial charge on any atom is -0.271 e. The SMILES string of the molecule is CC(C)(C)CC(NN)c1cccc2ncccc12. The van der Waals surface area contributed by atoms with Crippen LogP contribution in [0.1, 0.15) is 38.8 Å². The van der Waals surface area contributed by atoms with Crippen molar-refractivity contribution in [2.75, 3.05) is 0 Å². The molecule has 1 unspecified atom stereocenters. The number of nitrogens with two attached hydrogens (primary N) is 1. The molecular weight excluding hydrogens is 222 g/mol. The summed E-state index contributed by atoms with van der Waals surface area (Å²) in [5.41, 5.74) is 5.40. The van der Waals surface area contributed by atoms with Gasteiger partial charge in [-0.3, -0.25) is 16.3 Å². The van der Waals surface area contributed by atoms with E-state index >= 15 is 0 Å². The van der Waals surface area contributed by atoms with Crippen LogP contribution in [0.2, 0.25) is 0 Å². The van der Waals surface area contributed by atoms with E-state index in [-0.39, 0.29) is 11.5 Å². The molecule has 0 bridgehead atoms. The first-order valence-electron chi connectivity index (χ1n) is 6.31. The van der Waals surface area contributed by atoms with Crippen LogP contribution in [0.15, 0.2) is 36.5 Å². The maximum absolute atomic E-state index is 5.73. The lowest BCUT2D eigenvalue weighted by Crippen LogP contribution is -2.31. The number of hydrogen-bond donors (Lipinski definition) is 2. The standard InChI is InChI=1S/C15H21N3/c1-15(2,3)10-14(18-16)12-6-4-8-13-11(12)7-5-9-17-13/h4-9,14,18H,10,16H2,1-3H3. The number of pyridine rings is 1. The fourth-order valence-corrected chi connectivity index (χ4v) is 2.30. The first-order valence-corrected chi connectivity index (χ1v) is 6.31. The zero-order valence-electron chi connectivity index (χ0n) is 11.3. The molecule has 0 aliphatic heterocycles. The van der Waals surface area contributed by atoms with Crippen LogP contribution in [-0.2, 0) is 0 Å². The topological polar surface area (TPSA) is 50.9 Å². The highest BCUT2D eigenvalue weighted by Gasteiger charge is 2.20. The van der Waals surface area contributed by atoms with E-state index in [1.807, 2.05) is 24.4 Å². The van der Waals surface area contributed by atoms with E-state index < -0.39 is 0 Å². The van der Waals surface area contributed by atoms with Crippen LogP contribution in [-0.4, -0.2) is 4.98 Å². The Morgan fingerprint density at radius 2 is 2.00 bits per heavy atom. The third-order valence-electron chi connectivity index (χ3n) is 3.07. The number of aromatic nitrogens is 1. The van der Waals surface area contributed by atoms with E-state index in [1.54, 1.807) is 0 Å². The van der Waals surface area contributed by atoms with E-state index in [2.05, 4.69) is 43.3 Å². The van der Waals surface area contributed by atoms with Gasteiger partial charge < -0.3 is 0 Å². The Labute approximate surface area is 108 Å². The van der Waals surface area contributed by atoms with Crippen LogP contribution in [0.25, 0.3) is 10.9 Å². The largest absolute Gasteiger partial charge is 0.271 e. The first-order chi connectivity index (χ1) is 8.51. The van der Waals surface area contributed by atoms with Gasteiger partial charge in [0, 0.05) is 17.6 Å². The second-order valence-corrected chi connectivity index (χ2v) is 5.90. The quantitative estimate of drug-likeness (QED) is 0.643. The number of fused-ring (bicyclic) bond motifs is 1. The van der Waals surface area contributed by atoms with Crippen molar-refractivity contribution in [1.82, 2.24) is 10.4 Å². The van der Waals surface area contributed by atoms with Crippen LogP contribution in [0.4, 0.5) is 0 Å². The van der Waals surface area contributed by atoms with Gasteiger partial charge in [0.1, 0.15) is 0 Å². The summed E-state index contributed by atoms with van der Waals surface area (Å²) in [5.74, 6) is 5.73. The van der Waals surface area contributed by atoms with Crippen molar-refractivity contribution in [2.24, 2.45) is 11.3 Å². The molecule has 0 fully saturated rings. The van der Waals surface area contributed by atoms with Gasteiger partial charge in [-0.25, -0.2) is 0 Å². The third kappa shape index (κ3) is 2.86. The van der Waals surface area contributed by atoms with Crippen LogP contribution >= 0.6 is 0 Å². The molecule has 0 saturated carbocycles. The zero-order chi connectivity index (χ0) is 13.2. The van der Waals surface area contributed by atoms with Gasteiger partial charge in [-0.05, 0) is 29.5 Å². The van der Waals surface area contributed by atoms with E-state index in [0.29, 0.717) is 0 Å². The summed E-state index contributed by atoms with van der Waals surface area (Å²) < 4.78 is 0. The molecule has 0 aliphatic carbocycles. The lowest BCUT2D eigenvalue weighted by Gasteiger charge is -2.26. The van der Waals surface area contributed by atoms with Crippen molar-refractivity contribution >= 4 is 10.9 Å². The van der Waals surface area contributed by atoms with Gasteiger partial charge in [-0.15, -0.1) is 0 Å². The third-order valence-corrected chi connectivity index (χ3v) is 3.07. The Morgan fingerprint density at radius 3 is 2.67 bits per heavy atom. The minimum absolute atomic E-state index is 0.151. The molecule has 96 valence electrons. The molecule has 3 heteroatoms. The molecule has 0 saturated heterocycles. The van der Waals surface area contributed by atoms with Crippen LogP contribution in [0.3, 0.4) is 0 Å². The Bertz CT molecular complexity index is 523. The molecule has 1 atom stereocenters. The number of nitrogens with one attached hydrogen (secondary N) is 1. The number of nitrogens with zero attached hydrogens (tertiary/aromatic N) is 1. The molecule has 2 rings (SSSR count). The van der Waals surface area contributed by atoms with Crippen LogP contribution in [0, 0.1) is 5.41 Å². The molecule has 18 heavy (non-hydrogen) atoms. The summed E-state index contributed by atoms with van der Waals surface area (Å²) in [4.78, 5) is 4.39. The number of benzene rings is 1. The Kier molecular flexibility index (Phi) is 3.64. The van der Waals surface area contributed by atoms with E-state index in [4.69, 9.17) is 5.84 Å². The summed E-state index contributed by atoms with van der Waals surface area (Å²) in [6.07, 6.45) is 2.80. The maximum Gasteiger partial charge on any atom is 0.0705 e. The van der Waals surface area contributed by atoms with Crippen LogP contribution in [0.5, 0.6) is 0 Å². The predicted octanol–water partition coefficient (Wildman–Crippen LogP) is 3.18. The van der Waals surface area contributed by atoms with E-state index in [1.165, 1.54) is 10.9 Å². The number of hydrogen-bond acceptors (Lipinski definition) is 3. The Balaban J connectivity index is 2.45. The van der Waals surface area contributed by atoms with Crippen LogP contribution < -0.4 is 11.3 Å². The van der Waals surface area contributed by atoms with Gasteiger partial charge >= 0.3 is 0 Å². The maximum atomic E-state index is 5.73. The molecule has 3 N–H and O–H groups in total. The highest BCUT2D eigenvalue weighted by molar-refractivity contribution is 5.82. The lowest BCUT2D eigenvalue weighted by molar-refractivity contribution is 0.314. The molecule has 0 aliphatic rings. The highest BCUT2D eigenvalue weighted by Crippen LogP contribution is 2.32. The molecule has 1 aromatic carbocycles. The van der Waals surface area contributed by atoms with Crippen molar-refractivity contribution in [3.63, 3.8) is 0 Å². The molecular formula is C15H21N3. The summed E-state index contributed by atoms with van der Waals surface area (Å²) in [5, 5.41) is 1.17. The van der Waals surface area contributed by atoms with Crippen molar-refractivity contribution < 1.29 is 0 Å². The minimum atomic E-state index is 0.151. The Morgan fingerprint density at radius 1 is 1.22 bits per heavy atom. The second kappa shape index (κ2) is 5.04. The van der Waals surface area contributed by atoms with E-state index in [9.17, 15) is 0 Å².